The molecule has 2 rings (SSSR count). The lowest BCUT2D eigenvalue weighted by molar-refractivity contribution is 0.494. The number of sulfone groups is 1. The molecule has 0 radical (unpaired) electrons. The average Bonchev–Trinajstić information content (AvgIpc) is 3.02. The summed E-state index contributed by atoms with van der Waals surface area (Å²) in [5, 5.41) is 3.37. The van der Waals surface area contributed by atoms with E-state index < -0.39 is 9.84 Å². The second-order valence-corrected chi connectivity index (χ2v) is 7.59. The Balaban J connectivity index is 2.35. The average molecular weight is 268 g/mol. The normalized spacial score (nSPS) is 16.6. The topological polar surface area (TPSA) is 72.2 Å². The fourth-order valence-corrected chi connectivity index (χ4v) is 3.07. The third-order valence-corrected chi connectivity index (χ3v) is 4.68. The third kappa shape index (κ3) is 2.61. The van der Waals surface area contributed by atoms with Gasteiger partial charge >= 0.3 is 0 Å². The minimum absolute atomic E-state index is 0.0513. The first kappa shape index (κ1) is 13.2. The molecule has 1 saturated carbocycles. The zero-order valence-corrected chi connectivity index (χ0v) is 11.8. The molecule has 4 nitrogen and oxygen atoms in total. The maximum absolute atomic E-state index is 11.6. The summed E-state index contributed by atoms with van der Waals surface area (Å²) in [5.41, 5.74) is 6.92. The van der Waals surface area contributed by atoms with E-state index in [1.807, 2.05) is 6.07 Å². The van der Waals surface area contributed by atoms with Crippen LogP contribution in [0.5, 0.6) is 0 Å². The van der Waals surface area contributed by atoms with Crippen molar-refractivity contribution in [2.75, 3.05) is 17.3 Å². The zero-order valence-electron chi connectivity index (χ0n) is 11.0. The lowest BCUT2D eigenvalue weighted by Gasteiger charge is -2.28. The lowest BCUT2D eigenvalue weighted by atomic mass is 9.98. The lowest BCUT2D eigenvalue weighted by Crippen LogP contribution is -2.33. The van der Waals surface area contributed by atoms with Gasteiger partial charge in [-0.05, 0) is 44.7 Å². The van der Waals surface area contributed by atoms with Crippen molar-refractivity contribution in [3.63, 3.8) is 0 Å². The summed E-state index contributed by atoms with van der Waals surface area (Å²) in [6, 6.07) is 5.09. The first-order valence-corrected chi connectivity index (χ1v) is 7.97. The maximum atomic E-state index is 11.6. The molecule has 1 aliphatic rings. The van der Waals surface area contributed by atoms with Crippen LogP contribution in [0.3, 0.4) is 0 Å². The van der Waals surface area contributed by atoms with Gasteiger partial charge in [-0.25, -0.2) is 8.42 Å². The number of para-hydroxylation sites is 1. The third-order valence-electron chi connectivity index (χ3n) is 3.52. The highest BCUT2D eigenvalue weighted by Gasteiger charge is 2.38. The Morgan fingerprint density at radius 1 is 1.33 bits per heavy atom. The summed E-state index contributed by atoms with van der Waals surface area (Å²) in [6.07, 6.45) is 3.60. The molecule has 0 spiro atoms. The van der Waals surface area contributed by atoms with Crippen LogP contribution in [0.4, 0.5) is 11.4 Å². The Labute approximate surface area is 108 Å². The highest BCUT2D eigenvalue weighted by molar-refractivity contribution is 7.90. The molecule has 0 saturated heterocycles. The number of nitrogens with two attached hydrogens (primary N) is 1. The first-order chi connectivity index (χ1) is 8.22. The summed E-state index contributed by atoms with van der Waals surface area (Å²) >= 11 is 0. The molecule has 0 aliphatic heterocycles. The second-order valence-electron chi connectivity index (χ2n) is 5.61. The molecule has 1 aliphatic carbocycles. The minimum atomic E-state index is -3.28. The second kappa shape index (κ2) is 4.16. The molecule has 0 atom stereocenters. The van der Waals surface area contributed by atoms with Crippen molar-refractivity contribution in [2.45, 2.75) is 37.1 Å². The molecule has 1 aromatic carbocycles. The monoisotopic (exact) mass is 268 g/mol. The quantitative estimate of drug-likeness (QED) is 0.822. The maximum Gasteiger partial charge on any atom is 0.177 e. The largest absolute Gasteiger partial charge is 0.396 e. The van der Waals surface area contributed by atoms with Crippen LogP contribution >= 0.6 is 0 Å². The van der Waals surface area contributed by atoms with Crippen LogP contribution in [-0.4, -0.2) is 20.2 Å². The summed E-state index contributed by atoms with van der Waals surface area (Å²) in [7, 11) is -3.28. The van der Waals surface area contributed by atoms with E-state index >= 15 is 0 Å². The molecule has 0 bridgehead atoms. The Bertz CT molecular complexity index is 560. The van der Waals surface area contributed by atoms with E-state index in [0.717, 1.165) is 0 Å². The van der Waals surface area contributed by atoms with Gasteiger partial charge in [0.1, 0.15) is 0 Å². The van der Waals surface area contributed by atoms with Crippen molar-refractivity contribution in [1.82, 2.24) is 0 Å². The van der Waals surface area contributed by atoms with Gasteiger partial charge < -0.3 is 11.1 Å². The predicted octanol–water partition coefficient (Wildman–Crippen LogP) is 2.27. The van der Waals surface area contributed by atoms with Crippen molar-refractivity contribution in [1.29, 1.82) is 0 Å². The van der Waals surface area contributed by atoms with Gasteiger partial charge in [-0.2, -0.15) is 0 Å². The Kier molecular flexibility index (Phi) is 3.05. The number of anilines is 2. The predicted molar refractivity (Wildman–Crippen MR) is 74.4 cm³/mol. The van der Waals surface area contributed by atoms with E-state index in [4.69, 9.17) is 5.73 Å². The van der Waals surface area contributed by atoms with E-state index in [9.17, 15) is 8.42 Å². The van der Waals surface area contributed by atoms with Crippen LogP contribution in [0.25, 0.3) is 0 Å². The molecule has 0 aromatic heterocycles. The van der Waals surface area contributed by atoms with Crippen molar-refractivity contribution in [3.8, 4) is 0 Å². The molecule has 1 aromatic rings. The number of nitrogens with one attached hydrogen (secondary N) is 1. The molecule has 0 heterocycles. The summed E-state index contributed by atoms with van der Waals surface area (Å²) in [5.74, 6) is 0.638. The van der Waals surface area contributed by atoms with Crippen molar-refractivity contribution < 1.29 is 8.42 Å². The van der Waals surface area contributed by atoms with Gasteiger partial charge in [-0.1, -0.05) is 6.07 Å². The fraction of sp³-hybridized carbons (Fsp3) is 0.538. The van der Waals surface area contributed by atoms with E-state index in [1.165, 1.54) is 19.1 Å². The molecule has 0 unspecified atom stereocenters. The summed E-state index contributed by atoms with van der Waals surface area (Å²) in [6.45, 7) is 4.24. The smallest absolute Gasteiger partial charge is 0.177 e. The molecule has 0 amide bonds. The number of hydrogen-bond donors (Lipinski definition) is 2. The minimum Gasteiger partial charge on any atom is -0.396 e. The highest BCUT2D eigenvalue weighted by Crippen LogP contribution is 2.42. The van der Waals surface area contributed by atoms with Gasteiger partial charge in [0, 0.05) is 11.8 Å². The molecule has 3 N–H and O–H groups in total. The Morgan fingerprint density at radius 3 is 2.44 bits per heavy atom. The van der Waals surface area contributed by atoms with Gasteiger partial charge in [0.15, 0.2) is 9.84 Å². The number of rotatable bonds is 4. The summed E-state index contributed by atoms with van der Waals surface area (Å²) in [4.78, 5) is 0.194. The van der Waals surface area contributed by atoms with Crippen LogP contribution in [0, 0.1) is 5.92 Å². The van der Waals surface area contributed by atoms with Gasteiger partial charge in [-0.15, -0.1) is 0 Å². The number of benzene rings is 1. The van der Waals surface area contributed by atoms with Crippen LogP contribution in [0.1, 0.15) is 26.7 Å². The fourth-order valence-electron chi connectivity index (χ4n) is 2.23. The van der Waals surface area contributed by atoms with E-state index in [-0.39, 0.29) is 10.4 Å². The van der Waals surface area contributed by atoms with Crippen LogP contribution in [0.15, 0.2) is 23.1 Å². The Morgan fingerprint density at radius 2 is 1.94 bits per heavy atom. The van der Waals surface area contributed by atoms with Crippen molar-refractivity contribution >= 4 is 21.2 Å². The van der Waals surface area contributed by atoms with Crippen molar-refractivity contribution in [2.24, 2.45) is 5.92 Å². The molecular weight excluding hydrogens is 248 g/mol. The molecule has 1 fully saturated rings. The summed E-state index contributed by atoms with van der Waals surface area (Å²) < 4.78 is 23.2. The van der Waals surface area contributed by atoms with Gasteiger partial charge in [0.05, 0.1) is 16.3 Å². The van der Waals surface area contributed by atoms with Gasteiger partial charge in [0.25, 0.3) is 0 Å². The van der Waals surface area contributed by atoms with Gasteiger partial charge in [-0.3, -0.25) is 0 Å². The van der Waals surface area contributed by atoms with Crippen LogP contribution in [-0.2, 0) is 9.84 Å². The highest BCUT2D eigenvalue weighted by atomic mass is 32.2. The standard InChI is InChI=1S/C13H20N2O2S/c1-13(2,9-7-8-9)15-10-5-4-6-11(12(10)14)18(3,16)17/h4-6,9,15H,7-8,14H2,1-3H3. The van der Waals surface area contributed by atoms with Crippen LogP contribution in [0.2, 0.25) is 0 Å². The number of hydrogen-bond acceptors (Lipinski definition) is 4. The molecule has 18 heavy (non-hydrogen) atoms. The molecule has 100 valence electrons. The van der Waals surface area contributed by atoms with Gasteiger partial charge in [0.2, 0.25) is 0 Å². The molecular formula is C13H20N2O2S. The zero-order chi connectivity index (χ0) is 13.6. The first-order valence-electron chi connectivity index (χ1n) is 6.08. The van der Waals surface area contributed by atoms with E-state index in [0.29, 0.717) is 17.3 Å². The van der Waals surface area contributed by atoms with Crippen molar-refractivity contribution in [3.05, 3.63) is 18.2 Å². The SMILES string of the molecule is CC(C)(Nc1cccc(S(C)(=O)=O)c1N)C1CC1. The number of nitrogen functional groups attached to an aromatic ring is 1. The Hall–Kier alpha value is -1.23. The van der Waals surface area contributed by atoms with Crippen LogP contribution < -0.4 is 11.1 Å². The molecule has 5 heteroatoms. The van der Waals surface area contributed by atoms with E-state index in [1.54, 1.807) is 12.1 Å². The van der Waals surface area contributed by atoms with E-state index in [2.05, 4.69) is 19.2 Å².